The first kappa shape index (κ1) is 11.0. The number of hydrogen-bond donors (Lipinski definition) is 1. The largest absolute Gasteiger partial charge is 0.314 e. The van der Waals surface area contributed by atoms with Crippen LogP contribution < -0.4 is 5.32 Å². The Labute approximate surface area is 97.6 Å². The van der Waals surface area contributed by atoms with Crippen LogP contribution in [0.5, 0.6) is 0 Å². The molecule has 0 radical (unpaired) electrons. The number of hydrogen-bond acceptors (Lipinski definition) is 2. The van der Waals surface area contributed by atoms with Crippen molar-refractivity contribution in [3.63, 3.8) is 0 Å². The van der Waals surface area contributed by atoms with Crippen LogP contribution in [0, 0.1) is 5.82 Å². The summed E-state index contributed by atoms with van der Waals surface area (Å²) in [5, 5.41) is 3.23. The average molecular weight is 273 g/mol. The minimum absolute atomic E-state index is 0.181. The first-order chi connectivity index (χ1) is 7.15. The lowest BCUT2D eigenvalue weighted by Crippen LogP contribution is -2.55. The Balaban J connectivity index is 2.02. The summed E-state index contributed by atoms with van der Waals surface area (Å²) in [6, 6.07) is 5.63. The maximum Gasteiger partial charge on any atom is 0.124 e. The Morgan fingerprint density at radius 1 is 1.47 bits per heavy atom. The molecule has 0 aromatic heterocycles. The highest BCUT2D eigenvalue weighted by Crippen LogP contribution is 2.17. The van der Waals surface area contributed by atoms with Crippen molar-refractivity contribution in [1.82, 2.24) is 10.2 Å². The molecule has 0 amide bonds. The fourth-order valence-corrected chi connectivity index (χ4v) is 2.22. The van der Waals surface area contributed by atoms with Crippen LogP contribution in [-0.2, 0) is 6.54 Å². The third-order valence-electron chi connectivity index (χ3n) is 2.74. The number of benzene rings is 1. The van der Waals surface area contributed by atoms with Gasteiger partial charge in [0.2, 0.25) is 0 Å². The van der Waals surface area contributed by atoms with Crippen LogP contribution in [0.3, 0.4) is 0 Å². The maximum atomic E-state index is 13.1. The molecule has 1 aromatic rings. The Kier molecular flexibility index (Phi) is 3.38. The van der Waals surface area contributed by atoms with Crippen LogP contribution in [0.25, 0.3) is 0 Å². The predicted molar refractivity (Wildman–Crippen MR) is 62.2 cm³/mol. The highest BCUT2D eigenvalue weighted by Gasteiger charge is 2.21. The van der Waals surface area contributed by atoms with Crippen molar-refractivity contribution in [2.75, 3.05) is 20.1 Å². The summed E-state index contributed by atoms with van der Waals surface area (Å²) < 4.78 is 13.9. The Morgan fingerprint density at radius 2 is 2.20 bits per heavy atom. The number of halogens is 2. The normalized spacial score (nSPS) is 16.8. The van der Waals surface area contributed by atoms with Gasteiger partial charge in [0, 0.05) is 30.1 Å². The monoisotopic (exact) mass is 272 g/mol. The molecule has 2 rings (SSSR count). The SMILES string of the molecule is CN(Cc1cc(F)cc(Br)c1)C1CNC1. The number of nitrogens with one attached hydrogen (secondary N) is 1. The molecule has 1 aliphatic rings. The smallest absolute Gasteiger partial charge is 0.124 e. The molecule has 1 aromatic carbocycles. The average Bonchev–Trinajstić information content (AvgIpc) is 1.96. The summed E-state index contributed by atoms with van der Waals surface area (Å²) in [5.41, 5.74) is 1.01. The summed E-state index contributed by atoms with van der Waals surface area (Å²) in [5.74, 6) is -0.181. The van der Waals surface area contributed by atoms with Gasteiger partial charge in [-0.2, -0.15) is 0 Å². The van der Waals surface area contributed by atoms with Gasteiger partial charge in [0.05, 0.1) is 0 Å². The Morgan fingerprint density at radius 3 is 2.73 bits per heavy atom. The van der Waals surface area contributed by atoms with E-state index in [0.29, 0.717) is 6.04 Å². The lowest BCUT2D eigenvalue weighted by Gasteiger charge is -2.35. The van der Waals surface area contributed by atoms with Crippen molar-refractivity contribution < 1.29 is 4.39 Å². The number of nitrogens with zero attached hydrogens (tertiary/aromatic N) is 1. The Hall–Kier alpha value is -0.450. The summed E-state index contributed by atoms with van der Waals surface area (Å²) in [7, 11) is 2.07. The molecule has 1 heterocycles. The summed E-state index contributed by atoms with van der Waals surface area (Å²) in [6.07, 6.45) is 0. The second kappa shape index (κ2) is 4.60. The molecule has 2 nitrogen and oxygen atoms in total. The first-order valence-electron chi connectivity index (χ1n) is 5.01. The summed E-state index contributed by atoms with van der Waals surface area (Å²) in [6.45, 7) is 2.86. The van der Waals surface area contributed by atoms with E-state index in [4.69, 9.17) is 0 Å². The van der Waals surface area contributed by atoms with Crippen molar-refractivity contribution in [3.8, 4) is 0 Å². The van der Waals surface area contributed by atoms with E-state index in [1.165, 1.54) is 6.07 Å². The second-order valence-electron chi connectivity index (χ2n) is 4.00. The van der Waals surface area contributed by atoms with Gasteiger partial charge < -0.3 is 5.32 Å². The van der Waals surface area contributed by atoms with E-state index in [-0.39, 0.29) is 5.82 Å². The molecule has 1 fully saturated rings. The second-order valence-corrected chi connectivity index (χ2v) is 4.92. The quantitative estimate of drug-likeness (QED) is 0.906. The minimum Gasteiger partial charge on any atom is -0.314 e. The van der Waals surface area contributed by atoms with E-state index in [0.717, 1.165) is 29.7 Å². The van der Waals surface area contributed by atoms with Crippen LogP contribution >= 0.6 is 15.9 Å². The molecule has 0 unspecified atom stereocenters. The third-order valence-corrected chi connectivity index (χ3v) is 3.20. The molecule has 15 heavy (non-hydrogen) atoms. The third kappa shape index (κ3) is 2.77. The zero-order chi connectivity index (χ0) is 10.8. The van der Waals surface area contributed by atoms with Crippen LogP contribution in [0.1, 0.15) is 5.56 Å². The van der Waals surface area contributed by atoms with E-state index in [1.54, 1.807) is 6.07 Å². The maximum absolute atomic E-state index is 13.1. The zero-order valence-corrected chi connectivity index (χ0v) is 10.2. The van der Waals surface area contributed by atoms with Gasteiger partial charge in [0.25, 0.3) is 0 Å². The van der Waals surface area contributed by atoms with Crippen molar-refractivity contribution in [3.05, 3.63) is 34.1 Å². The summed E-state index contributed by atoms with van der Waals surface area (Å²) >= 11 is 3.30. The van der Waals surface area contributed by atoms with E-state index in [2.05, 4.69) is 33.2 Å². The topological polar surface area (TPSA) is 15.3 Å². The molecule has 4 heteroatoms. The van der Waals surface area contributed by atoms with Crippen molar-refractivity contribution >= 4 is 15.9 Å². The minimum atomic E-state index is -0.181. The fraction of sp³-hybridized carbons (Fsp3) is 0.455. The zero-order valence-electron chi connectivity index (χ0n) is 8.63. The first-order valence-corrected chi connectivity index (χ1v) is 5.80. The highest BCUT2D eigenvalue weighted by atomic mass is 79.9. The molecule has 1 aliphatic heterocycles. The van der Waals surface area contributed by atoms with Crippen molar-refractivity contribution in [2.45, 2.75) is 12.6 Å². The van der Waals surface area contributed by atoms with Gasteiger partial charge in [-0.25, -0.2) is 4.39 Å². The van der Waals surface area contributed by atoms with Gasteiger partial charge >= 0.3 is 0 Å². The van der Waals surface area contributed by atoms with Gasteiger partial charge in [0.1, 0.15) is 5.82 Å². The van der Waals surface area contributed by atoms with E-state index in [1.807, 2.05) is 6.07 Å². The van der Waals surface area contributed by atoms with E-state index < -0.39 is 0 Å². The van der Waals surface area contributed by atoms with Gasteiger partial charge in [-0.1, -0.05) is 15.9 Å². The molecule has 0 atom stereocenters. The Bertz CT molecular complexity index is 332. The highest BCUT2D eigenvalue weighted by molar-refractivity contribution is 9.10. The molecular formula is C11H14BrFN2. The van der Waals surface area contributed by atoms with Crippen LogP contribution in [0.2, 0.25) is 0 Å². The van der Waals surface area contributed by atoms with Gasteiger partial charge in [-0.05, 0) is 30.8 Å². The fourth-order valence-electron chi connectivity index (χ4n) is 1.70. The standard InChI is InChI=1S/C11H14BrFN2/c1-15(11-5-14-6-11)7-8-2-9(12)4-10(13)3-8/h2-4,11,14H,5-7H2,1H3. The van der Waals surface area contributed by atoms with Crippen LogP contribution in [0.15, 0.2) is 22.7 Å². The lowest BCUT2D eigenvalue weighted by atomic mass is 10.1. The van der Waals surface area contributed by atoms with E-state index in [9.17, 15) is 4.39 Å². The molecule has 82 valence electrons. The molecule has 0 saturated carbocycles. The molecule has 0 spiro atoms. The van der Waals surface area contributed by atoms with Gasteiger partial charge in [0.15, 0.2) is 0 Å². The molecule has 1 N–H and O–H groups in total. The van der Waals surface area contributed by atoms with Gasteiger partial charge in [-0.15, -0.1) is 0 Å². The predicted octanol–water partition coefficient (Wildman–Crippen LogP) is 1.99. The van der Waals surface area contributed by atoms with Crippen molar-refractivity contribution in [1.29, 1.82) is 0 Å². The molecular weight excluding hydrogens is 259 g/mol. The molecule has 0 bridgehead atoms. The molecule has 0 aliphatic carbocycles. The number of likely N-dealkylation sites (N-methyl/N-ethyl adjacent to an activating group) is 1. The van der Waals surface area contributed by atoms with E-state index >= 15 is 0 Å². The van der Waals surface area contributed by atoms with Crippen LogP contribution in [-0.4, -0.2) is 31.1 Å². The summed E-state index contributed by atoms with van der Waals surface area (Å²) in [4.78, 5) is 2.25. The molecule has 1 saturated heterocycles. The van der Waals surface area contributed by atoms with Crippen molar-refractivity contribution in [2.24, 2.45) is 0 Å². The van der Waals surface area contributed by atoms with Crippen LogP contribution in [0.4, 0.5) is 4.39 Å². The lowest BCUT2D eigenvalue weighted by molar-refractivity contribution is 0.173. The number of rotatable bonds is 3. The van der Waals surface area contributed by atoms with Gasteiger partial charge in [-0.3, -0.25) is 4.90 Å².